The maximum absolute atomic E-state index is 13.3. The molecule has 0 fully saturated rings. The van der Waals surface area contributed by atoms with Crippen LogP contribution in [0.5, 0.6) is 0 Å². The number of nitrogens with zero attached hydrogens (tertiary/aromatic N) is 1. The van der Waals surface area contributed by atoms with Crippen LogP contribution in [0.2, 0.25) is 5.02 Å². The van der Waals surface area contributed by atoms with E-state index in [9.17, 15) is 9.18 Å². The van der Waals surface area contributed by atoms with Crippen molar-refractivity contribution in [1.82, 2.24) is 5.43 Å². The minimum Gasteiger partial charge on any atom is -0.459 e. The second kappa shape index (κ2) is 5.46. The van der Waals surface area contributed by atoms with Crippen LogP contribution in [0.4, 0.5) is 4.39 Å². The van der Waals surface area contributed by atoms with E-state index in [-0.39, 0.29) is 16.3 Å². The molecule has 0 bridgehead atoms. The first-order valence-electron chi connectivity index (χ1n) is 4.99. The number of hydrogen-bond donors (Lipinski definition) is 1. The van der Waals surface area contributed by atoms with Gasteiger partial charge in [-0.25, -0.2) is 9.82 Å². The Hall–Kier alpha value is -2.14. The summed E-state index contributed by atoms with van der Waals surface area (Å²) in [5, 5.41) is 3.82. The summed E-state index contributed by atoms with van der Waals surface area (Å²) in [5.74, 6) is -0.922. The van der Waals surface area contributed by atoms with Crippen molar-refractivity contribution in [2.45, 2.75) is 0 Å². The minimum absolute atomic E-state index is 0.110. The second-order valence-electron chi connectivity index (χ2n) is 3.31. The molecule has 1 heterocycles. The van der Waals surface area contributed by atoms with E-state index in [1.54, 1.807) is 6.07 Å². The molecule has 2 rings (SSSR count). The lowest BCUT2D eigenvalue weighted by molar-refractivity contribution is 0.0927. The van der Waals surface area contributed by atoms with Crippen LogP contribution in [0.1, 0.15) is 16.1 Å². The third kappa shape index (κ3) is 2.75. The van der Waals surface area contributed by atoms with Gasteiger partial charge in [-0.2, -0.15) is 5.10 Å². The highest BCUT2D eigenvalue weighted by Gasteiger charge is 2.07. The van der Waals surface area contributed by atoms with Gasteiger partial charge >= 0.3 is 5.91 Å². The van der Waals surface area contributed by atoms with Gasteiger partial charge in [-0.15, -0.1) is 0 Å². The highest BCUT2D eigenvalue weighted by Crippen LogP contribution is 2.16. The van der Waals surface area contributed by atoms with Gasteiger partial charge < -0.3 is 4.42 Å². The van der Waals surface area contributed by atoms with Crippen LogP contribution in [-0.2, 0) is 0 Å². The van der Waals surface area contributed by atoms with Crippen molar-refractivity contribution in [3.8, 4) is 0 Å². The SMILES string of the molecule is O=C(N/N=C/c1c(F)cccc1Cl)c1ccco1. The minimum atomic E-state index is -0.524. The summed E-state index contributed by atoms with van der Waals surface area (Å²) in [6.07, 6.45) is 2.50. The van der Waals surface area contributed by atoms with E-state index in [4.69, 9.17) is 16.0 Å². The number of hydrazone groups is 1. The highest BCUT2D eigenvalue weighted by atomic mass is 35.5. The zero-order chi connectivity index (χ0) is 13.0. The average molecular weight is 267 g/mol. The third-order valence-corrected chi connectivity index (χ3v) is 2.43. The summed E-state index contributed by atoms with van der Waals surface area (Å²) >= 11 is 5.78. The van der Waals surface area contributed by atoms with Crippen LogP contribution in [-0.4, -0.2) is 12.1 Å². The van der Waals surface area contributed by atoms with E-state index in [1.807, 2.05) is 0 Å². The summed E-state index contributed by atoms with van der Waals surface area (Å²) in [6, 6.07) is 7.33. The fourth-order valence-corrected chi connectivity index (χ4v) is 1.46. The Morgan fingerprint density at radius 3 is 2.89 bits per heavy atom. The predicted molar refractivity (Wildman–Crippen MR) is 65.2 cm³/mol. The standard InChI is InChI=1S/C12H8ClFN2O2/c13-9-3-1-4-10(14)8(9)7-15-16-12(17)11-5-2-6-18-11/h1-7H,(H,16,17)/b15-7+. The summed E-state index contributed by atoms with van der Waals surface area (Å²) in [6.45, 7) is 0. The lowest BCUT2D eigenvalue weighted by Gasteiger charge is -1.99. The van der Waals surface area contributed by atoms with Crippen molar-refractivity contribution in [3.63, 3.8) is 0 Å². The second-order valence-corrected chi connectivity index (χ2v) is 3.72. The highest BCUT2D eigenvalue weighted by molar-refractivity contribution is 6.33. The number of benzene rings is 1. The smallest absolute Gasteiger partial charge is 0.307 e. The molecule has 18 heavy (non-hydrogen) atoms. The normalized spacial score (nSPS) is 10.8. The van der Waals surface area contributed by atoms with Gasteiger partial charge in [0, 0.05) is 5.56 Å². The number of halogens is 2. The predicted octanol–water partition coefficient (Wildman–Crippen LogP) is 2.84. The molecule has 2 aromatic rings. The molecule has 1 amide bonds. The Bertz CT molecular complexity index is 562. The van der Waals surface area contributed by atoms with E-state index in [0.29, 0.717) is 0 Å². The van der Waals surface area contributed by atoms with E-state index in [1.165, 1.54) is 30.5 Å². The number of hydrogen-bond acceptors (Lipinski definition) is 3. The average Bonchev–Trinajstić information content (AvgIpc) is 2.86. The zero-order valence-electron chi connectivity index (χ0n) is 9.06. The van der Waals surface area contributed by atoms with E-state index in [0.717, 1.165) is 6.21 Å². The van der Waals surface area contributed by atoms with Crippen molar-refractivity contribution >= 4 is 23.7 Å². The maximum atomic E-state index is 13.3. The van der Waals surface area contributed by atoms with Crippen LogP contribution in [0.3, 0.4) is 0 Å². The maximum Gasteiger partial charge on any atom is 0.307 e. The molecule has 0 radical (unpaired) electrons. The third-order valence-electron chi connectivity index (χ3n) is 2.10. The molecule has 0 unspecified atom stereocenters. The quantitative estimate of drug-likeness (QED) is 0.686. The molecule has 92 valence electrons. The van der Waals surface area contributed by atoms with Crippen LogP contribution in [0.15, 0.2) is 46.1 Å². The molecule has 0 aliphatic heterocycles. The van der Waals surface area contributed by atoms with E-state index < -0.39 is 11.7 Å². The molecular weight excluding hydrogens is 259 g/mol. The lowest BCUT2D eigenvalue weighted by atomic mass is 10.2. The molecule has 6 heteroatoms. The number of rotatable bonds is 3. The first kappa shape index (κ1) is 12.3. The van der Waals surface area contributed by atoms with Gasteiger partial charge in [0.2, 0.25) is 0 Å². The van der Waals surface area contributed by atoms with Crippen LogP contribution in [0, 0.1) is 5.82 Å². The first-order chi connectivity index (χ1) is 8.68. The molecule has 0 saturated heterocycles. The van der Waals surface area contributed by atoms with Crippen LogP contribution >= 0.6 is 11.6 Å². The first-order valence-corrected chi connectivity index (χ1v) is 5.37. The fourth-order valence-electron chi connectivity index (χ4n) is 1.25. The van der Waals surface area contributed by atoms with Gasteiger partial charge in [-0.1, -0.05) is 17.7 Å². The molecule has 0 saturated carbocycles. The van der Waals surface area contributed by atoms with Gasteiger partial charge in [0.15, 0.2) is 5.76 Å². The van der Waals surface area contributed by atoms with Gasteiger partial charge in [-0.05, 0) is 24.3 Å². The molecule has 0 atom stereocenters. The van der Waals surface area contributed by atoms with Gasteiger partial charge in [0.1, 0.15) is 5.82 Å². The number of furan rings is 1. The topological polar surface area (TPSA) is 54.6 Å². The summed E-state index contributed by atoms with van der Waals surface area (Å²) in [5.41, 5.74) is 2.31. The van der Waals surface area contributed by atoms with Gasteiger partial charge in [-0.3, -0.25) is 4.79 Å². The Labute approximate surface area is 107 Å². The number of amides is 1. The Morgan fingerprint density at radius 2 is 2.22 bits per heavy atom. The Morgan fingerprint density at radius 1 is 1.39 bits per heavy atom. The number of carbonyl (C=O) groups is 1. The molecule has 0 aliphatic rings. The van der Waals surface area contributed by atoms with Crippen LogP contribution in [0.25, 0.3) is 0 Å². The Balaban J connectivity index is 2.06. The summed E-state index contributed by atoms with van der Waals surface area (Å²) in [7, 11) is 0. The molecule has 0 aliphatic carbocycles. The molecule has 1 aromatic heterocycles. The van der Waals surface area contributed by atoms with Crippen molar-refractivity contribution in [1.29, 1.82) is 0 Å². The van der Waals surface area contributed by atoms with E-state index in [2.05, 4.69) is 10.5 Å². The molecule has 1 aromatic carbocycles. The summed E-state index contributed by atoms with van der Waals surface area (Å²) < 4.78 is 18.2. The Kier molecular flexibility index (Phi) is 3.74. The van der Waals surface area contributed by atoms with Crippen molar-refractivity contribution in [3.05, 3.63) is 58.8 Å². The largest absolute Gasteiger partial charge is 0.459 e. The molecule has 4 nitrogen and oxygen atoms in total. The molecular formula is C12H8ClFN2O2. The van der Waals surface area contributed by atoms with Crippen LogP contribution < -0.4 is 5.43 Å². The fraction of sp³-hybridized carbons (Fsp3) is 0. The van der Waals surface area contributed by atoms with Gasteiger partial charge in [0.25, 0.3) is 0 Å². The van der Waals surface area contributed by atoms with Crippen molar-refractivity contribution < 1.29 is 13.6 Å². The number of carbonyl (C=O) groups excluding carboxylic acids is 1. The van der Waals surface area contributed by atoms with Gasteiger partial charge in [0.05, 0.1) is 17.5 Å². The molecule has 1 N–H and O–H groups in total. The number of nitrogens with one attached hydrogen (secondary N) is 1. The van der Waals surface area contributed by atoms with Crippen molar-refractivity contribution in [2.75, 3.05) is 0 Å². The zero-order valence-corrected chi connectivity index (χ0v) is 9.82. The monoisotopic (exact) mass is 266 g/mol. The van der Waals surface area contributed by atoms with Crippen molar-refractivity contribution in [2.24, 2.45) is 5.10 Å². The molecule has 0 spiro atoms. The lowest BCUT2D eigenvalue weighted by Crippen LogP contribution is -2.16. The van der Waals surface area contributed by atoms with E-state index >= 15 is 0 Å². The summed E-state index contributed by atoms with van der Waals surface area (Å²) in [4.78, 5) is 11.4.